The Morgan fingerprint density at radius 3 is 2.71 bits per heavy atom. The summed E-state index contributed by atoms with van der Waals surface area (Å²) in [5.41, 5.74) is 2.90. The van der Waals surface area contributed by atoms with Crippen molar-refractivity contribution >= 4 is 22.3 Å². The van der Waals surface area contributed by atoms with Crippen molar-refractivity contribution in [3.63, 3.8) is 0 Å². The fraction of sp³-hybridized carbons (Fsp3) is 0.0417. The Hall–Kier alpha value is -3.79. The Morgan fingerprint density at radius 1 is 1.18 bits per heavy atom. The Kier molecular flexibility index (Phi) is 5.61. The van der Waals surface area contributed by atoms with E-state index in [2.05, 4.69) is 19.7 Å². The molecular formula is C24H20O4. The number of fused-ring (bicyclic) bond motifs is 1. The Balaban J connectivity index is 1.87. The molecule has 1 heterocycles. The number of ether oxygens (including phenoxy) is 1. The molecule has 0 aliphatic rings. The summed E-state index contributed by atoms with van der Waals surface area (Å²) in [6.07, 6.45) is 6.31. The summed E-state index contributed by atoms with van der Waals surface area (Å²) in [7, 11) is 0. The lowest BCUT2D eigenvalue weighted by Gasteiger charge is -2.09. The highest BCUT2D eigenvalue weighted by Crippen LogP contribution is 2.23. The van der Waals surface area contributed by atoms with Crippen LogP contribution in [0.2, 0.25) is 0 Å². The molecule has 1 aromatic heterocycles. The molecule has 4 heteroatoms. The molecule has 0 fully saturated rings. The molecule has 3 aromatic rings. The molecule has 4 nitrogen and oxygen atoms in total. The van der Waals surface area contributed by atoms with Crippen molar-refractivity contribution in [2.24, 2.45) is 0 Å². The molecule has 28 heavy (non-hydrogen) atoms. The van der Waals surface area contributed by atoms with E-state index in [1.165, 1.54) is 6.26 Å². The van der Waals surface area contributed by atoms with Crippen LogP contribution in [0.4, 0.5) is 0 Å². The van der Waals surface area contributed by atoms with E-state index in [1.807, 2.05) is 12.1 Å². The van der Waals surface area contributed by atoms with Crippen LogP contribution >= 0.6 is 0 Å². The monoisotopic (exact) mass is 372 g/mol. The molecule has 2 aromatic carbocycles. The van der Waals surface area contributed by atoms with Gasteiger partial charge in [0.15, 0.2) is 5.43 Å². The van der Waals surface area contributed by atoms with Crippen molar-refractivity contribution in [3.05, 3.63) is 114 Å². The Morgan fingerprint density at radius 2 is 2.00 bits per heavy atom. The summed E-state index contributed by atoms with van der Waals surface area (Å²) in [4.78, 5) is 12.7. The zero-order chi connectivity index (χ0) is 20.1. The standard InChI is InChI=1S/C24H20O4/c1-4-7-18(5-2)22-15-28-23-13-20(10-11-21(23)24(22)26)27-14-17-8-6-9-19(12-17)16(3)25/h4-13,15,25H,1-3,14H2/b18-7+. The fourth-order valence-corrected chi connectivity index (χ4v) is 2.80. The first-order valence-electron chi connectivity index (χ1n) is 8.64. The van der Waals surface area contributed by atoms with Crippen LogP contribution in [0.1, 0.15) is 16.7 Å². The number of hydrogen-bond donors (Lipinski definition) is 1. The van der Waals surface area contributed by atoms with Gasteiger partial charge < -0.3 is 14.3 Å². The first-order chi connectivity index (χ1) is 13.5. The third kappa shape index (κ3) is 3.96. The van der Waals surface area contributed by atoms with Crippen molar-refractivity contribution in [2.75, 3.05) is 0 Å². The molecule has 0 amide bonds. The van der Waals surface area contributed by atoms with Gasteiger partial charge in [0, 0.05) is 11.6 Å². The molecule has 0 spiro atoms. The maximum Gasteiger partial charge on any atom is 0.200 e. The molecule has 0 unspecified atom stereocenters. The normalized spacial score (nSPS) is 11.2. The quantitative estimate of drug-likeness (QED) is 0.430. The van der Waals surface area contributed by atoms with Crippen LogP contribution in [-0.4, -0.2) is 5.11 Å². The minimum Gasteiger partial charge on any atom is -0.508 e. The molecule has 0 aliphatic carbocycles. The third-order valence-corrected chi connectivity index (χ3v) is 4.24. The average molecular weight is 372 g/mol. The van der Waals surface area contributed by atoms with Gasteiger partial charge in [-0.1, -0.05) is 56.2 Å². The van der Waals surface area contributed by atoms with Gasteiger partial charge in [0.05, 0.1) is 10.9 Å². The maximum atomic E-state index is 12.7. The van der Waals surface area contributed by atoms with Crippen LogP contribution in [0.25, 0.3) is 22.3 Å². The number of rotatable bonds is 7. The van der Waals surface area contributed by atoms with Crippen molar-refractivity contribution in [1.29, 1.82) is 0 Å². The lowest BCUT2D eigenvalue weighted by Crippen LogP contribution is -2.07. The second-order valence-electron chi connectivity index (χ2n) is 6.13. The van der Waals surface area contributed by atoms with Crippen LogP contribution in [0.5, 0.6) is 5.75 Å². The molecule has 0 radical (unpaired) electrons. The number of aliphatic hydroxyl groups excluding tert-OH is 1. The maximum absolute atomic E-state index is 12.7. The van der Waals surface area contributed by atoms with E-state index >= 15 is 0 Å². The minimum absolute atomic E-state index is 0.00883. The summed E-state index contributed by atoms with van der Waals surface area (Å²) in [5, 5.41) is 9.96. The topological polar surface area (TPSA) is 59.7 Å². The minimum atomic E-state index is -0.144. The lowest BCUT2D eigenvalue weighted by molar-refractivity contribution is 0.306. The van der Waals surface area contributed by atoms with Gasteiger partial charge in [-0.3, -0.25) is 4.79 Å². The number of hydrogen-bond acceptors (Lipinski definition) is 4. The molecule has 0 saturated carbocycles. The Labute approximate surface area is 163 Å². The van der Waals surface area contributed by atoms with E-state index in [0.717, 1.165) is 5.56 Å². The van der Waals surface area contributed by atoms with Gasteiger partial charge in [-0.15, -0.1) is 0 Å². The van der Waals surface area contributed by atoms with Crippen molar-refractivity contribution in [2.45, 2.75) is 6.61 Å². The molecular weight excluding hydrogens is 352 g/mol. The van der Waals surface area contributed by atoms with E-state index in [0.29, 0.717) is 40.0 Å². The number of benzene rings is 2. The summed E-state index contributed by atoms with van der Waals surface area (Å²) >= 11 is 0. The number of aliphatic hydroxyl groups is 1. The van der Waals surface area contributed by atoms with Crippen molar-refractivity contribution in [1.82, 2.24) is 0 Å². The zero-order valence-electron chi connectivity index (χ0n) is 15.4. The van der Waals surface area contributed by atoms with Gasteiger partial charge in [-0.2, -0.15) is 0 Å². The molecule has 140 valence electrons. The second-order valence-corrected chi connectivity index (χ2v) is 6.13. The zero-order valence-corrected chi connectivity index (χ0v) is 15.4. The van der Waals surface area contributed by atoms with E-state index in [9.17, 15) is 9.90 Å². The highest BCUT2D eigenvalue weighted by Gasteiger charge is 2.10. The van der Waals surface area contributed by atoms with Gasteiger partial charge in [-0.25, -0.2) is 0 Å². The van der Waals surface area contributed by atoms with E-state index in [4.69, 9.17) is 9.15 Å². The summed E-state index contributed by atoms with van der Waals surface area (Å²) in [6, 6.07) is 12.4. The van der Waals surface area contributed by atoms with E-state index in [-0.39, 0.29) is 11.2 Å². The smallest absolute Gasteiger partial charge is 0.200 e. The number of allylic oxidation sites excluding steroid dienone is 4. The van der Waals surface area contributed by atoms with Gasteiger partial charge >= 0.3 is 0 Å². The first kappa shape index (κ1) is 19.0. The van der Waals surface area contributed by atoms with Crippen LogP contribution in [-0.2, 0) is 6.61 Å². The van der Waals surface area contributed by atoms with Gasteiger partial charge in [0.25, 0.3) is 0 Å². The highest BCUT2D eigenvalue weighted by atomic mass is 16.5. The van der Waals surface area contributed by atoms with Gasteiger partial charge in [0.1, 0.15) is 30.0 Å². The van der Waals surface area contributed by atoms with Crippen LogP contribution in [0.3, 0.4) is 0 Å². The summed E-state index contributed by atoms with van der Waals surface area (Å²) < 4.78 is 11.4. The molecule has 0 bridgehead atoms. The van der Waals surface area contributed by atoms with E-state index < -0.39 is 0 Å². The van der Waals surface area contributed by atoms with E-state index in [1.54, 1.807) is 48.6 Å². The van der Waals surface area contributed by atoms with Crippen LogP contribution in [0, 0.1) is 0 Å². The fourth-order valence-electron chi connectivity index (χ4n) is 2.80. The second kappa shape index (κ2) is 8.27. The van der Waals surface area contributed by atoms with Crippen molar-refractivity contribution < 1.29 is 14.3 Å². The largest absolute Gasteiger partial charge is 0.508 e. The molecule has 3 rings (SSSR count). The van der Waals surface area contributed by atoms with Gasteiger partial charge in [0.2, 0.25) is 0 Å². The average Bonchev–Trinajstić information content (AvgIpc) is 2.71. The molecule has 1 N–H and O–H groups in total. The van der Waals surface area contributed by atoms with Gasteiger partial charge in [-0.05, 0) is 29.3 Å². The Bertz CT molecular complexity index is 1150. The SMILES string of the molecule is C=C/C=C(\C=C)c1coc2cc(OCc3cccc(C(=C)O)c3)ccc2c1=O. The first-order valence-corrected chi connectivity index (χ1v) is 8.64. The molecule has 0 saturated heterocycles. The highest BCUT2D eigenvalue weighted by molar-refractivity contribution is 5.84. The predicted octanol–water partition coefficient (Wildman–Crippen LogP) is 5.66. The van der Waals surface area contributed by atoms with Crippen LogP contribution in [0.15, 0.2) is 95.9 Å². The summed E-state index contributed by atoms with van der Waals surface area (Å²) in [5.74, 6) is 0.580. The van der Waals surface area contributed by atoms with Crippen LogP contribution < -0.4 is 10.2 Å². The predicted molar refractivity (Wildman–Crippen MR) is 113 cm³/mol. The molecule has 0 aliphatic heterocycles. The third-order valence-electron chi connectivity index (χ3n) is 4.24. The van der Waals surface area contributed by atoms with Crippen molar-refractivity contribution in [3.8, 4) is 5.75 Å². The lowest BCUT2D eigenvalue weighted by atomic mass is 10.1. The summed E-state index contributed by atoms with van der Waals surface area (Å²) in [6.45, 7) is 11.2. The molecule has 0 atom stereocenters.